The maximum absolute atomic E-state index is 11.5. The first-order chi connectivity index (χ1) is 8.76. The van der Waals surface area contributed by atoms with Gasteiger partial charge in [-0.15, -0.1) is 0 Å². The summed E-state index contributed by atoms with van der Waals surface area (Å²) in [4.78, 5) is 15.5. The maximum atomic E-state index is 11.5. The normalized spacial score (nSPS) is 10.1. The molecule has 1 aromatic carbocycles. The van der Waals surface area contributed by atoms with Crippen LogP contribution in [0.3, 0.4) is 0 Å². The van der Waals surface area contributed by atoms with Gasteiger partial charge in [0.1, 0.15) is 5.75 Å². The van der Waals surface area contributed by atoms with Crippen LogP contribution in [0.2, 0.25) is 0 Å². The number of hydrogen-bond acceptors (Lipinski definition) is 5. The second-order valence-electron chi connectivity index (χ2n) is 3.45. The summed E-state index contributed by atoms with van der Waals surface area (Å²) >= 11 is 0. The quantitative estimate of drug-likeness (QED) is 0.777. The largest absolute Gasteiger partial charge is 0.496 e. The highest BCUT2D eigenvalue weighted by Gasteiger charge is 2.16. The maximum Gasteiger partial charge on any atom is 0.375 e. The number of benzene rings is 1. The van der Waals surface area contributed by atoms with Gasteiger partial charge in [0.15, 0.2) is 0 Å². The Morgan fingerprint density at radius 1 is 1.39 bits per heavy atom. The minimum absolute atomic E-state index is 0.0813. The molecule has 0 aliphatic heterocycles. The van der Waals surface area contributed by atoms with Crippen LogP contribution in [0.25, 0.3) is 11.5 Å². The van der Waals surface area contributed by atoms with Crippen molar-refractivity contribution in [2.24, 2.45) is 0 Å². The summed E-state index contributed by atoms with van der Waals surface area (Å²) in [7, 11) is 1.56. The third kappa shape index (κ3) is 2.34. The van der Waals surface area contributed by atoms with Gasteiger partial charge in [0.25, 0.3) is 0 Å². The summed E-state index contributed by atoms with van der Waals surface area (Å²) in [5.74, 6) is 0.522. The van der Waals surface area contributed by atoms with E-state index in [0.717, 1.165) is 0 Å². The molecule has 5 nitrogen and oxygen atoms in total. The molecule has 0 saturated heterocycles. The molecule has 2 aromatic rings. The lowest BCUT2D eigenvalue weighted by Gasteiger charge is -2.03. The van der Waals surface area contributed by atoms with E-state index in [1.165, 1.54) is 6.20 Å². The van der Waals surface area contributed by atoms with Gasteiger partial charge in [0, 0.05) is 0 Å². The third-order valence-corrected chi connectivity index (χ3v) is 2.32. The highest BCUT2D eigenvalue weighted by atomic mass is 16.5. The van der Waals surface area contributed by atoms with Gasteiger partial charge >= 0.3 is 5.97 Å². The van der Waals surface area contributed by atoms with Gasteiger partial charge < -0.3 is 13.9 Å². The van der Waals surface area contributed by atoms with E-state index >= 15 is 0 Å². The summed E-state index contributed by atoms with van der Waals surface area (Å²) in [6, 6.07) is 7.28. The number of ether oxygens (including phenoxy) is 2. The molecule has 0 spiro atoms. The van der Waals surface area contributed by atoms with Crippen LogP contribution in [-0.4, -0.2) is 24.7 Å². The van der Waals surface area contributed by atoms with Crippen LogP contribution in [0.1, 0.15) is 17.5 Å². The minimum atomic E-state index is -0.522. The molecule has 2 rings (SSSR count). The molecule has 1 heterocycles. The number of nitrogens with zero attached hydrogens (tertiary/aromatic N) is 1. The van der Waals surface area contributed by atoms with Crippen molar-refractivity contribution in [3.05, 3.63) is 36.2 Å². The van der Waals surface area contributed by atoms with Crippen LogP contribution in [0, 0.1) is 0 Å². The van der Waals surface area contributed by atoms with Crippen LogP contribution in [-0.2, 0) is 4.74 Å². The standard InChI is InChI=1S/C13H13NO4/c1-3-17-13(15)11-8-14-12(18-11)9-6-4-5-7-10(9)16-2/h4-8H,3H2,1-2H3. The summed E-state index contributed by atoms with van der Waals surface area (Å²) in [5.41, 5.74) is 0.690. The zero-order valence-electron chi connectivity index (χ0n) is 10.2. The summed E-state index contributed by atoms with van der Waals surface area (Å²) in [6.45, 7) is 2.03. The smallest absolute Gasteiger partial charge is 0.375 e. The predicted molar refractivity (Wildman–Crippen MR) is 64.4 cm³/mol. The molecule has 0 N–H and O–H groups in total. The van der Waals surface area contributed by atoms with Crippen molar-refractivity contribution in [2.45, 2.75) is 6.92 Å². The van der Waals surface area contributed by atoms with Crippen molar-refractivity contribution in [1.82, 2.24) is 4.98 Å². The van der Waals surface area contributed by atoms with Crippen molar-refractivity contribution in [1.29, 1.82) is 0 Å². The van der Waals surface area contributed by atoms with Crippen LogP contribution in [0.5, 0.6) is 5.75 Å². The Morgan fingerprint density at radius 2 is 2.17 bits per heavy atom. The monoisotopic (exact) mass is 247 g/mol. The van der Waals surface area contributed by atoms with E-state index in [2.05, 4.69) is 4.98 Å². The molecule has 0 aliphatic carbocycles. The molecular weight excluding hydrogens is 234 g/mol. The first kappa shape index (κ1) is 12.2. The van der Waals surface area contributed by atoms with Gasteiger partial charge in [-0.05, 0) is 19.1 Å². The molecule has 0 amide bonds. The van der Waals surface area contributed by atoms with Crippen molar-refractivity contribution >= 4 is 5.97 Å². The Balaban J connectivity index is 2.32. The lowest BCUT2D eigenvalue weighted by molar-refractivity contribution is 0.0491. The second-order valence-corrected chi connectivity index (χ2v) is 3.45. The number of methoxy groups -OCH3 is 1. The van der Waals surface area contributed by atoms with Gasteiger partial charge in [-0.1, -0.05) is 12.1 Å². The molecule has 0 bridgehead atoms. The SMILES string of the molecule is CCOC(=O)c1cnc(-c2ccccc2OC)o1. The lowest BCUT2D eigenvalue weighted by atomic mass is 10.2. The summed E-state index contributed by atoms with van der Waals surface area (Å²) in [5, 5.41) is 0. The summed E-state index contributed by atoms with van der Waals surface area (Å²) < 4.78 is 15.4. The average molecular weight is 247 g/mol. The number of oxazole rings is 1. The predicted octanol–water partition coefficient (Wildman–Crippen LogP) is 2.53. The fourth-order valence-electron chi connectivity index (χ4n) is 1.52. The van der Waals surface area contributed by atoms with Gasteiger partial charge in [-0.2, -0.15) is 0 Å². The molecule has 1 aromatic heterocycles. The molecule has 0 unspecified atom stereocenters. The van der Waals surface area contributed by atoms with Crippen LogP contribution in [0.4, 0.5) is 0 Å². The molecule has 0 radical (unpaired) electrons. The van der Waals surface area contributed by atoms with Crippen LogP contribution in [0.15, 0.2) is 34.9 Å². The third-order valence-electron chi connectivity index (χ3n) is 2.32. The number of rotatable bonds is 4. The highest BCUT2D eigenvalue weighted by Crippen LogP contribution is 2.29. The fourth-order valence-corrected chi connectivity index (χ4v) is 1.52. The Morgan fingerprint density at radius 3 is 2.89 bits per heavy atom. The number of para-hydroxylation sites is 1. The Bertz CT molecular complexity index is 547. The molecule has 0 aliphatic rings. The van der Waals surface area contributed by atoms with E-state index in [1.807, 2.05) is 12.1 Å². The number of carbonyl (C=O) groups is 1. The molecule has 18 heavy (non-hydrogen) atoms. The van der Waals surface area contributed by atoms with Crippen LogP contribution >= 0.6 is 0 Å². The van der Waals surface area contributed by atoms with E-state index in [4.69, 9.17) is 13.9 Å². The molecular formula is C13H13NO4. The van der Waals surface area contributed by atoms with E-state index in [1.54, 1.807) is 26.2 Å². The van der Waals surface area contributed by atoms with Crippen molar-refractivity contribution < 1.29 is 18.7 Å². The van der Waals surface area contributed by atoms with Crippen molar-refractivity contribution in [3.63, 3.8) is 0 Å². The van der Waals surface area contributed by atoms with Crippen LogP contribution < -0.4 is 4.74 Å². The van der Waals surface area contributed by atoms with E-state index in [0.29, 0.717) is 23.8 Å². The molecule has 0 fully saturated rings. The van der Waals surface area contributed by atoms with E-state index in [-0.39, 0.29) is 5.76 Å². The Labute approximate surface area is 104 Å². The Kier molecular flexibility index (Phi) is 3.62. The number of hydrogen-bond donors (Lipinski definition) is 0. The molecule has 0 saturated carbocycles. The highest BCUT2D eigenvalue weighted by molar-refractivity contribution is 5.86. The fraction of sp³-hybridized carbons (Fsp3) is 0.231. The number of carbonyl (C=O) groups excluding carboxylic acids is 1. The molecule has 0 atom stereocenters. The lowest BCUT2D eigenvalue weighted by Crippen LogP contribution is -2.02. The van der Waals surface area contributed by atoms with Crippen molar-refractivity contribution in [2.75, 3.05) is 13.7 Å². The van der Waals surface area contributed by atoms with Gasteiger partial charge in [0.05, 0.1) is 25.5 Å². The number of aromatic nitrogens is 1. The van der Waals surface area contributed by atoms with Gasteiger partial charge in [-0.25, -0.2) is 9.78 Å². The number of esters is 1. The zero-order valence-corrected chi connectivity index (χ0v) is 10.2. The topological polar surface area (TPSA) is 61.6 Å². The minimum Gasteiger partial charge on any atom is -0.496 e. The van der Waals surface area contributed by atoms with E-state index < -0.39 is 5.97 Å². The first-order valence-corrected chi connectivity index (χ1v) is 5.52. The molecule has 5 heteroatoms. The van der Waals surface area contributed by atoms with Crippen molar-refractivity contribution in [3.8, 4) is 17.2 Å². The second kappa shape index (κ2) is 5.35. The van der Waals surface area contributed by atoms with Gasteiger partial charge in [-0.3, -0.25) is 0 Å². The van der Waals surface area contributed by atoms with E-state index in [9.17, 15) is 4.79 Å². The average Bonchev–Trinajstić information content (AvgIpc) is 2.88. The first-order valence-electron chi connectivity index (χ1n) is 5.52. The zero-order chi connectivity index (χ0) is 13.0. The Hall–Kier alpha value is -2.30. The van der Waals surface area contributed by atoms with Gasteiger partial charge in [0.2, 0.25) is 11.7 Å². The molecule has 94 valence electrons. The summed E-state index contributed by atoms with van der Waals surface area (Å²) in [6.07, 6.45) is 1.35.